The highest BCUT2D eigenvalue weighted by Gasteiger charge is 2.66. The monoisotopic (exact) mass is 544 g/mol. The summed E-state index contributed by atoms with van der Waals surface area (Å²) >= 11 is 0. The van der Waals surface area contributed by atoms with E-state index in [0.717, 1.165) is 19.3 Å². The van der Waals surface area contributed by atoms with Gasteiger partial charge in [-0.25, -0.2) is 0 Å². The van der Waals surface area contributed by atoms with Gasteiger partial charge in [-0.1, -0.05) is 94.8 Å². The van der Waals surface area contributed by atoms with Gasteiger partial charge in [0.2, 0.25) is 0 Å². The number of aliphatic hydroxyl groups excluding tert-OH is 1. The summed E-state index contributed by atoms with van der Waals surface area (Å²) in [5, 5.41) is 14.2. The lowest BCUT2D eigenvalue weighted by Crippen LogP contribution is -2.70. The van der Waals surface area contributed by atoms with E-state index in [1.165, 1.54) is 36.1 Å². The van der Waals surface area contributed by atoms with Gasteiger partial charge in [0.25, 0.3) is 8.32 Å². The van der Waals surface area contributed by atoms with Crippen molar-refractivity contribution in [1.82, 2.24) is 0 Å². The fraction of sp³-hybridized carbons (Fsp3) is 0.629. The molecule has 0 amide bonds. The summed E-state index contributed by atoms with van der Waals surface area (Å²) in [6.07, 6.45) is 7.94. The summed E-state index contributed by atoms with van der Waals surface area (Å²) < 4.78 is 7.92. The van der Waals surface area contributed by atoms with E-state index in [0.29, 0.717) is 35.9 Å². The zero-order chi connectivity index (χ0) is 27.6. The molecule has 6 rings (SSSR count). The quantitative estimate of drug-likeness (QED) is 0.446. The number of aliphatic hydroxyl groups is 1. The Morgan fingerprint density at radius 2 is 1.46 bits per heavy atom. The van der Waals surface area contributed by atoms with E-state index in [1.807, 2.05) is 0 Å². The first kappa shape index (κ1) is 27.4. The Morgan fingerprint density at radius 3 is 2.05 bits per heavy atom. The van der Waals surface area contributed by atoms with Crippen molar-refractivity contribution in [3.8, 4) is 0 Å². The van der Waals surface area contributed by atoms with Gasteiger partial charge in [-0.3, -0.25) is 4.79 Å². The standard InChI is InChI=1S/C35H48O3Si/c1-33(2,3)39(25-14-8-6-9-15-25,26-16-10-7-11-17-26)38-32-18-12-13-24-19-20-27-28-21-22-30(36)35(28,5)31(37)23-29(27)34(24,32)4/h6-11,14-17,24,27-29,31-32,37H,12-13,18-23H2,1-5H3/t24-,27-,28-,29-,31-,32?,34-,35-/m0/s1. The predicted molar refractivity (Wildman–Crippen MR) is 161 cm³/mol. The SMILES string of the molecule is CC(C)(C)[Si](OC1CCC[C@H]2CC[C@H]3[C@@H]4CCC(=O)[C@@]4(C)[C@@H](O)C[C@@H]3[C@@]12C)(c1ccccc1)c1ccccc1. The number of hydrogen-bond donors (Lipinski definition) is 1. The second-order valence-corrected chi connectivity index (χ2v) is 19.0. The Bertz CT molecular complexity index is 1150. The lowest BCUT2D eigenvalue weighted by Gasteiger charge is -2.63. The molecule has 1 N–H and O–H groups in total. The highest BCUT2D eigenvalue weighted by Crippen LogP contribution is 2.66. The average Bonchev–Trinajstić information content (AvgIpc) is 3.24. The van der Waals surface area contributed by atoms with Crippen LogP contribution in [0.5, 0.6) is 0 Å². The Balaban J connectivity index is 1.46. The van der Waals surface area contributed by atoms with Crippen LogP contribution in [0.2, 0.25) is 5.04 Å². The first-order valence-electron chi connectivity index (χ1n) is 15.5. The number of fused-ring (bicyclic) bond motifs is 5. The molecule has 8 atom stereocenters. The molecule has 0 radical (unpaired) electrons. The lowest BCUT2D eigenvalue weighted by atomic mass is 9.44. The van der Waals surface area contributed by atoms with E-state index in [9.17, 15) is 9.90 Å². The summed E-state index contributed by atoms with van der Waals surface area (Å²) in [4.78, 5) is 13.1. The van der Waals surface area contributed by atoms with Crippen molar-refractivity contribution in [3.05, 3.63) is 60.7 Å². The molecule has 1 unspecified atom stereocenters. The number of Topliss-reactive ketones (excluding diaryl/α,β-unsaturated/α-hetero) is 1. The second-order valence-electron chi connectivity index (χ2n) is 14.7. The maximum Gasteiger partial charge on any atom is 0.261 e. The Hall–Kier alpha value is -1.75. The third-order valence-electron chi connectivity index (χ3n) is 12.2. The van der Waals surface area contributed by atoms with Crippen molar-refractivity contribution in [2.24, 2.45) is 34.5 Å². The van der Waals surface area contributed by atoms with E-state index in [2.05, 4.69) is 95.3 Å². The van der Waals surface area contributed by atoms with Crippen LogP contribution in [0.25, 0.3) is 0 Å². The van der Waals surface area contributed by atoms with Gasteiger partial charge in [0, 0.05) is 6.42 Å². The van der Waals surface area contributed by atoms with Gasteiger partial charge in [-0.15, -0.1) is 0 Å². The summed E-state index contributed by atoms with van der Waals surface area (Å²) in [7, 11) is -2.70. The topological polar surface area (TPSA) is 46.5 Å². The third kappa shape index (κ3) is 3.91. The number of carbonyl (C=O) groups excluding carboxylic acids is 1. The highest BCUT2D eigenvalue weighted by molar-refractivity contribution is 6.99. The minimum absolute atomic E-state index is 0.00216. The molecule has 4 fully saturated rings. The Morgan fingerprint density at radius 1 is 0.846 bits per heavy atom. The normalized spacial score (nSPS) is 38.6. The molecular weight excluding hydrogens is 496 g/mol. The van der Waals surface area contributed by atoms with E-state index in [-0.39, 0.29) is 16.6 Å². The Labute approximate surface area is 236 Å². The smallest absolute Gasteiger partial charge is 0.261 e. The average molecular weight is 545 g/mol. The van der Waals surface area contributed by atoms with Gasteiger partial charge in [0.05, 0.1) is 17.6 Å². The van der Waals surface area contributed by atoms with Crippen LogP contribution in [0, 0.1) is 34.5 Å². The number of carbonyl (C=O) groups is 1. The maximum absolute atomic E-state index is 13.1. The van der Waals surface area contributed by atoms with Gasteiger partial charge in [-0.2, -0.15) is 0 Å². The highest BCUT2D eigenvalue weighted by atomic mass is 28.4. The van der Waals surface area contributed by atoms with Gasteiger partial charge in [0.1, 0.15) is 5.78 Å². The van der Waals surface area contributed by atoms with E-state index in [1.54, 1.807) is 0 Å². The van der Waals surface area contributed by atoms with Gasteiger partial charge in [-0.05, 0) is 89.9 Å². The molecule has 210 valence electrons. The molecule has 2 aromatic rings. The van der Waals surface area contributed by atoms with Crippen LogP contribution < -0.4 is 10.4 Å². The van der Waals surface area contributed by atoms with E-state index >= 15 is 0 Å². The molecule has 0 bridgehead atoms. The molecule has 0 spiro atoms. The largest absolute Gasteiger partial charge is 0.404 e. The summed E-state index contributed by atoms with van der Waals surface area (Å²) in [5.41, 5.74) is -0.546. The van der Waals surface area contributed by atoms with Crippen LogP contribution in [0.4, 0.5) is 0 Å². The van der Waals surface area contributed by atoms with Crippen LogP contribution in [0.3, 0.4) is 0 Å². The first-order chi connectivity index (χ1) is 18.5. The zero-order valence-corrected chi connectivity index (χ0v) is 25.7. The molecule has 39 heavy (non-hydrogen) atoms. The number of ketones is 1. The van der Waals surface area contributed by atoms with Crippen molar-refractivity contribution in [1.29, 1.82) is 0 Å². The lowest BCUT2D eigenvalue weighted by molar-refractivity contribution is -0.185. The molecule has 0 heterocycles. The number of rotatable bonds is 4. The molecule has 0 aliphatic heterocycles. The predicted octanol–water partition coefficient (Wildman–Crippen LogP) is 6.51. The van der Waals surface area contributed by atoms with Crippen LogP contribution in [0.15, 0.2) is 60.7 Å². The first-order valence-corrected chi connectivity index (χ1v) is 17.5. The number of benzene rings is 2. The van der Waals surface area contributed by atoms with Crippen molar-refractivity contribution in [3.63, 3.8) is 0 Å². The molecule has 0 aromatic heterocycles. The van der Waals surface area contributed by atoms with Gasteiger partial charge >= 0.3 is 0 Å². The van der Waals surface area contributed by atoms with Crippen LogP contribution >= 0.6 is 0 Å². The van der Waals surface area contributed by atoms with E-state index in [4.69, 9.17) is 4.43 Å². The number of hydrogen-bond acceptors (Lipinski definition) is 3. The summed E-state index contributed by atoms with van der Waals surface area (Å²) in [5.74, 6) is 2.14. The molecule has 0 saturated heterocycles. The molecule has 3 nitrogen and oxygen atoms in total. The minimum Gasteiger partial charge on any atom is -0.404 e. The molecule has 4 saturated carbocycles. The fourth-order valence-corrected chi connectivity index (χ4v) is 14.9. The van der Waals surface area contributed by atoms with Crippen molar-refractivity contribution < 1.29 is 14.3 Å². The van der Waals surface area contributed by atoms with Crippen molar-refractivity contribution in [2.45, 2.75) is 103 Å². The van der Waals surface area contributed by atoms with Crippen LogP contribution in [0.1, 0.15) is 86.0 Å². The summed E-state index contributed by atoms with van der Waals surface area (Å²) in [6, 6.07) is 22.1. The molecule has 2 aromatic carbocycles. The van der Waals surface area contributed by atoms with Gasteiger partial charge < -0.3 is 9.53 Å². The van der Waals surface area contributed by atoms with Gasteiger partial charge in [0.15, 0.2) is 0 Å². The Kier molecular flexibility index (Phi) is 6.80. The molecule has 4 aliphatic carbocycles. The van der Waals surface area contributed by atoms with Crippen LogP contribution in [-0.2, 0) is 9.22 Å². The minimum atomic E-state index is -2.70. The fourth-order valence-electron chi connectivity index (χ4n) is 10.1. The molecule has 4 aliphatic rings. The maximum atomic E-state index is 13.1. The van der Waals surface area contributed by atoms with E-state index < -0.39 is 19.8 Å². The van der Waals surface area contributed by atoms with Crippen LogP contribution in [-0.4, -0.2) is 31.4 Å². The molecule has 4 heteroatoms. The zero-order valence-electron chi connectivity index (χ0n) is 24.7. The molecular formula is C35H48O3Si. The second kappa shape index (κ2) is 9.67. The van der Waals surface area contributed by atoms with Crippen molar-refractivity contribution in [2.75, 3.05) is 0 Å². The summed E-state index contributed by atoms with van der Waals surface area (Å²) in [6.45, 7) is 11.8. The third-order valence-corrected chi connectivity index (χ3v) is 17.3. The van der Waals surface area contributed by atoms with Crippen molar-refractivity contribution >= 4 is 24.5 Å².